The molecular weight excluding hydrogens is 236 g/mol. The molecule has 17 heavy (non-hydrogen) atoms. The van der Waals surface area contributed by atoms with Crippen molar-refractivity contribution in [2.24, 2.45) is 5.73 Å². The van der Waals surface area contributed by atoms with E-state index in [1.165, 1.54) is 0 Å². The van der Waals surface area contributed by atoms with Crippen LogP contribution in [0, 0.1) is 11.6 Å². The third-order valence-corrected chi connectivity index (χ3v) is 2.23. The minimum absolute atomic E-state index is 0.419. The number of carboxylic acid groups (broad SMARTS) is 2. The predicted octanol–water partition coefficient (Wildman–Crippen LogP) is 0.790. The smallest absolute Gasteiger partial charge is 0.338 e. The maximum absolute atomic E-state index is 13.4. The van der Waals surface area contributed by atoms with E-state index in [0.717, 1.165) is 0 Å². The van der Waals surface area contributed by atoms with E-state index in [2.05, 4.69) is 0 Å². The summed E-state index contributed by atoms with van der Waals surface area (Å²) >= 11 is 0. The summed E-state index contributed by atoms with van der Waals surface area (Å²) in [6.07, 6.45) is 0. The fourth-order valence-electron chi connectivity index (χ4n) is 1.35. The standard InChI is InChI=1S/C10H9F2NO4/c11-7-2-5(9(14)15)8(12)1-4(7)6(3-13)10(16)17/h1-2,6H,3,13H2,(H,14,15)(H,16,17). The maximum Gasteiger partial charge on any atom is 0.338 e. The molecule has 1 atom stereocenters. The molecule has 1 aromatic rings. The first kappa shape index (κ1) is 13.0. The lowest BCUT2D eigenvalue weighted by Crippen LogP contribution is -2.22. The Hall–Kier alpha value is -2.02. The molecule has 1 rings (SSSR count). The number of benzene rings is 1. The normalized spacial score (nSPS) is 12.2. The summed E-state index contributed by atoms with van der Waals surface area (Å²) in [6.45, 7) is -0.419. The molecule has 7 heteroatoms. The predicted molar refractivity (Wildman–Crippen MR) is 52.7 cm³/mol. The van der Waals surface area contributed by atoms with Gasteiger partial charge in [0.2, 0.25) is 0 Å². The Labute approximate surface area is 94.5 Å². The summed E-state index contributed by atoms with van der Waals surface area (Å²) in [4.78, 5) is 21.2. The van der Waals surface area contributed by atoms with Gasteiger partial charge in [0.05, 0.1) is 11.5 Å². The van der Waals surface area contributed by atoms with Crippen molar-refractivity contribution in [3.05, 3.63) is 34.9 Å². The molecule has 92 valence electrons. The summed E-state index contributed by atoms with van der Waals surface area (Å²) in [5.41, 5.74) is 3.81. The van der Waals surface area contributed by atoms with E-state index >= 15 is 0 Å². The van der Waals surface area contributed by atoms with Gasteiger partial charge in [-0.2, -0.15) is 0 Å². The Morgan fingerprint density at radius 2 is 1.82 bits per heavy atom. The highest BCUT2D eigenvalue weighted by molar-refractivity contribution is 5.88. The molecule has 0 spiro atoms. The zero-order valence-corrected chi connectivity index (χ0v) is 8.48. The second-order valence-corrected chi connectivity index (χ2v) is 3.29. The molecule has 0 amide bonds. The topological polar surface area (TPSA) is 101 Å². The van der Waals surface area contributed by atoms with Gasteiger partial charge in [-0.1, -0.05) is 0 Å². The summed E-state index contributed by atoms with van der Waals surface area (Å²) < 4.78 is 26.7. The van der Waals surface area contributed by atoms with Gasteiger partial charge < -0.3 is 15.9 Å². The monoisotopic (exact) mass is 245 g/mol. The lowest BCUT2D eigenvalue weighted by molar-refractivity contribution is -0.138. The molecule has 0 aromatic heterocycles. The fraction of sp³-hybridized carbons (Fsp3) is 0.200. The molecule has 0 fully saturated rings. The summed E-state index contributed by atoms with van der Waals surface area (Å²) in [6, 6.07) is 0.989. The fourth-order valence-corrected chi connectivity index (χ4v) is 1.35. The highest BCUT2D eigenvalue weighted by Gasteiger charge is 2.24. The van der Waals surface area contributed by atoms with E-state index in [9.17, 15) is 18.4 Å². The maximum atomic E-state index is 13.4. The quantitative estimate of drug-likeness (QED) is 0.728. The number of nitrogens with two attached hydrogens (primary N) is 1. The number of hydrogen-bond donors (Lipinski definition) is 3. The van der Waals surface area contributed by atoms with Crippen LogP contribution in [0.5, 0.6) is 0 Å². The van der Waals surface area contributed by atoms with E-state index in [0.29, 0.717) is 12.1 Å². The van der Waals surface area contributed by atoms with Gasteiger partial charge in [0, 0.05) is 12.1 Å². The molecule has 0 aliphatic carbocycles. The highest BCUT2D eigenvalue weighted by Crippen LogP contribution is 2.22. The lowest BCUT2D eigenvalue weighted by Gasteiger charge is -2.12. The van der Waals surface area contributed by atoms with Crippen LogP contribution in [0.1, 0.15) is 21.8 Å². The molecule has 0 heterocycles. The molecule has 0 saturated carbocycles. The first-order valence-electron chi connectivity index (χ1n) is 4.53. The molecule has 0 saturated heterocycles. The van der Waals surface area contributed by atoms with Gasteiger partial charge in [-0.25, -0.2) is 13.6 Å². The van der Waals surface area contributed by atoms with Gasteiger partial charge >= 0.3 is 11.9 Å². The first-order valence-corrected chi connectivity index (χ1v) is 4.53. The van der Waals surface area contributed by atoms with Gasteiger partial charge in [-0.15, -0.1) is 0 Å². The van der Waals surface area contributed by atoms with Crippen molar-refractivity contribution in [1.29, 1.82) is 0 Å². The SMILES string of the molecule is NCC(C(=O)O)c1cc(F)c(C(=O)O)cc1F. The molecule has 0 aliphatic rings. The van der Waals surface area contributed by atoms with Gasteiger partial charge in [0.1, 0.15) is 11.6 Å². The number of carbonyl (C=O) groups is 2. The molecule has 1 unspecified atom stereocenters. The zero-order valence-electron chi connectivity index (χ0n) is 8.48. The Bertz CT molecular complexity index is 476. The number of hydrogen-bond acceptors (Lipinski definition) is 3. The molecule has 4 N–H and O–H groups in total. The zero-order chi connectivity index (χ0) is 13.2. The van der Waals surface area contributed by atoms with Crippen LogP contribution in [0.3, 0.4) is 0 Å². The van der Waals surface area contributed by atoms with E-state index in [-0.39, 0.29) is 0 Å². The Kier molecular flexibility index (Phi) is 3.74. The second kappa shape index (κ2) is 4.88. The third kappa shape index (κ3) is 2.56. The van der Waals surface area contributed by atoms with Crippen LogP contribution in [0.2, 0.25) is 0 Å². The third-order valence-electron chi connectivity index (χ3n) is 2.23. The first-order chi connectivity index (χ1) is 7.88. The van der Waals surface area contributed by atoms with Gasteiger partial charge in [0.15, 0.2) is 0 Å². The number of halogens is 2. The number of aromatic carboxylic acids is 1. The van der Waals surface area contributed by atoms with E-state index in [1.807, 2.05) is 0 Å². The van der Waals surface area contributed by atoms with Crippen LogP contribution in [0.15, 0.2) is 12.1 Å². The van der Waals surface area contributed by atoms with Crippen molar-refractivity contribution in [3.63, 3.8) is 0 Å². The number of rotatable bonds is 4. The van der Waals surface area contributed by atoms with Gasteiger partial charge in [-0.05, 0) is 12.1 Å². The molecule has 5 nitrogen and oxygen atoms in total. The Morgan fingerprint density at radius 3 is 2.24 bits per heavy atom. The van der Waals surface area contributed by atoms with Crippen LogP contribution in [-0.2, 0) is 4.79 Å². The van der Waals surface area contributed by atoms with Crippen molar-refractivity contribution < 1.29 is 28.6 Å². The molecule has 0 radical (unpaired) electrons. The molecule has 1 aromatic carbocycles. The van der Waals surface area contributed by atoms with Crippen LogP contribution in [0.4, 0.5) is 8.78 Å². The molecule has 0 aliphatic heterocycles. The van der Waals surface area contributed by atoms with Gasteiger partial charge in [0.25, 0.3) is 0 Å². The summed E-state index contributed by atoms with van der Waals surface area (Å²) in [5, 5.41) is 17.3. The van der Waals surface area contributed by atoms with Crippen molar-refractivity contribution in [2.45, 2.75) is 5.92 Å². The van der Waals surface area contributed by atoms with E-state index in [4.69, 9.17) is 15.9 Å². The molecule has 0 bridgehead atoms. The minimum atomic E-state index is -1.63. The number of carboxylic acids is 2. The second-order valence-electron chi connectivity index (χ2n) is 3.29. The Balaban J connectivity index is 3.33. The van der Waals surface area contributed by atoms with E-state index < -0.39 is 47.2 Å². The summed E-state index contributed by atoms with van der Waals surface area (Å²) in [5.74, 6) is -6.76. The van der Waals surface area contributed by atoms with Crippen LogP contribution in [0.25, 0.3) is 0 Å². The largest absolute Gasteiger partial charge is 0.481 e. The lowest BCUT2D eigenvalue weighted by atomic mass is 9.97. The van der Waals surface area contributed by atoms with Crippen molar-refractivity contribution in [2.75, 3.05) is 6.54 Å². The Morgan fingerprint density at radius 1 is 1.24 bits per heavy atom. The van der Waals surface area contributed by atoms with Gasteiger partial charge in [-0.3, -0.25) is 4.79 Å². The number of aliphatic carboxylic acids is 1. The van der Waals surface area contributed by atoms with E-state index in [1.54, 1.807) is 0 Å². The van der Waals surface area contributed by atoms with Crippen molar-refractivity contribution in [3.8, 4) is 0 Å². The van der Waals surface area contributed by atoms with Crippen LogP contribution in [-0.4, -0.2) is 28.7 Å². The highest BCUT2D eigenvalue weighted by atomic mass is 19.1. The average Bonchev–Trinajstić information content (AvgIpc) is 2.22. The van der Waals surface area contributed by atoms with Crippen LogP contribution < -0.4 is 5.73 Å². The summed E-state index contributed by atoms with van der Waals surface area (Å²) in [7, 11) is 0. The average molecular weight is 245 g/mol. The molecular formula is C10H9F2NO4. The minimum Gasteiger partial charge on any atom is -0.481 e. The van der Waals surface area contributed by atoms with Crippen molar-refractivity contribution in [1.82, 2.24) is 0 Å². The van der Waals surface area contributed by atoms with Crippen molar-refractivity contribution >= 4 is 11.9 Å². The van der Waals surface area contributed by atoms with Crippen LogP contribution >= 0.6 is 0 Å².